The number of hydrogen-bond donors (Lipinski definition) is 0. The van der Waals surface area contributed by atoms with Crippen LogP contribution < -0.4 is 9.64 Å². The summed E-state index contributed by atoms with van der Waals surface area (Å²) in [5.41, 5.74) is -0.448. The van der Waals surface area contributed by atoms with Crippen molar-refractivity contribution in [2.24, 2.45) is 5.92 Å². The van der Waals surface area contributed by atoms with Gasteiger partial charge in [0.1, 0.15) is 23.3 Å². The van der Waals surface area contributed by atoms with Crippen molar-refractivity contribution >= 4 is 67.3 Å². The largest absolute Gasteiger partial charge is 0.475 e. The van der Waals surface area contributed by atoms with E-state index in [1.807, 2.05) is 20.8 Å². The quantitative estimate of drug-likeness (QED) is 0.266. The van der Waals surface area contributed by atoms with Gasteiger partial charge in [-0.1, -0.05) is 0 Å². The average Bonchev–Trinajstić information content (AvgIpc) is 3.66. The first-order valence-electron chi connectivity index (χ1n) is 15.7. The number of anilines is 1. The van der Waals surface area contributed by atoms with Crippen LogP contribution in [0.5, 0.6) is 5.88 Å². The smallest absolute Gasteiger partial charge is 0.415 e. The van der Waals surface area contributed by atoms with Crippen LogP contribution in [0.4, 0.5) is 19.7 Å². The molecule has 0 radical (unpaired) electrons. The highest BCUT2D eigenvalue weighted by atomic mass is 127. The van der Waals surface area contributed by atoms with E-state index in [-0.39, 0.29) is 40.3 Å². The minimum atomic E-state index is -0.824. The predicted molar refractivity (Wildman–Crippen MR) is 185 cm³/mol. The van der Waals surface area contributed by atoms with Gasteiger partial charge < -0.3 is 24.0 Å². The average molecular weight is 815 g/mol. The number of nitriles is 1. The molecule has 3 aliphatic heterocycles. The minimum Gasteiger partial charge on any atom is -0.475 e. The van der Waals surface area contributed by atoms with E-state index in [2.05, 4.69) is 61.5 Å². The highest BCUT2D eigenvalue weighted by Crippen LogP contribution is 2.50. The van der Waals surface area contributed by atoms with Crippen molar-refractivity contribution in [1.29, 1.82) is 5.26 Å². The Morgan fingerprint density at radius 1 is 1.22 bits per heavy atom. The molecule has 1 saturated carbocycles. The highest BCUT2D eigenvalue weighted by molar-refractivity contribution is 14.1. The molecule has 4 unspecified atom stereocenters. The Morgan fingerprint density at radius 2 is 1.91 bits per heavy atom. The van der Waals surface area contributed by atoms with Gasteiger partial charge in [-0.15, -0.1) is 0 Å². The van der Waals surface area contributed by atoms with Crippen LogP contribution in [0.3, 0.4) is 0 Å². The highest BCUT2D eigenvalue weighted by Gasteiger charge is 2.59. The summed E-state index contributed by atoms with van der Waals surface area (Å²) in [4.78, 5) is 37.7. The normalized spacial score (nSPS) is 22.8. The third-order valence-electron chi connectivity index (χ3n) is 8.72. The van der Waals surface area contributed by atoms with Crippen molar-refractivity contribution in [3.05, 3.63) is 25.5 Å². The molecule has 6 rings (SSSR count). The van der Waals surface area contributed by atoms with Crippen LogP contribution in [-0.2, 0) is 15.9 Å². The Hall–Kier alpha value is -2.44. The summed E-state index contributed by atoms with van der Waals surface area (Å²) in [6, 6.07) is 3.35. The Morgan fingerprint density at radius 3 is 2.52 bits per heavy atom. The molecule has 0 spiro atoms. The van der Waals surface area contributed by atoms with E-state index >= 15 is 4.39 Å². The third kappa shape index (κ3) is 7.04. The van der Waals surface area contributed by atoms with Crippen molar-refractivity contribution < 1.29 is 28.2 Å². The van der Waals surface area contributed by atoms with Crippen LogP contribution in [0.1, 0.15) is 72.8 Å². The lowest BCUT2D eigenvalue weighted by atomic mass is 9.78. The number of halogens is 3. The third-order valence-corrected chi connectivity index (χ3v) is 10.6. The predicted octanol–water partition coefficient (Wildman–Crippen LogP) is 7.42. The van der Waals surface area contributed by atoms with Gasteiger partial charge in [-0.05, 0) is 131 Å². The molecule has 1 aromatic carbocycles. The van der Waals surface area contributed by atoms with Crippen molar-refractivity contribution in [3.8, 4) is 11.9 Å². The zero-order valence-electron chi connectivity index (χ0n) is 27.5. The molecule has 4 aliphatic rings. The Bertz CT molecular complexity index is 1570. The van der Waals surface area contributed by atoms with E-state index in [4.69, 9.17) is 14.2 Å². The van der Waals surface area contributed by atoms with E-state index < -0.39 is 35.2 Å². The molecule has 46 heavy (non-hydrogen) atoms. The van der Waals surface area contributed by atoms with E-state index in [0.29, 0.717) is 46.2 Å². The SMILES string of the molecule is CN1CCCC1COc1nc2c(F)c(Br)c(CCC#N)cc2c(N(C(=O)OC(C)(C)C)C2C3CC2N(C(=O)OC(C)(C)C)C3)c1I. The summed E-state index contributed by atoms with van der Waals surface area (Å²) < 4.78 is 35.0. The number of nitrogens with zero attached hydrogens (tertiary/aromatic N) is 5. The Labute approximate surface area is 292 Å². The fourth-order valence-electron chi connectivity index (χ4n) is 6.57. The summed E-state index contributed by atoms with van der Waals surface area (Å²) in [7, 11) is 2.05. The summed E-state index contributed by atoms with van der Waals surface area (Å²) in [5, 5.41) is 9.69. The van der Waals surface area contributed by atoms with Crippen LogP contribution in [-0.4, -0.2) is 83.0 Å². The number of amides is 2. The molecule has 0 N–H and O–H groups in total. The van der Waals surface area contributed by atoms with Gasteiger partial charge in [0.2, 0.25) is 5.88 Å². The lowest BCUT2D eigenvalue weighted by Gasteiger charge is -2.44. The molecule has 2 bridgehead atoms. The second-order valence-electron chi connectivity index (χ2n) is 14.4. The van der Waals surface area contributed by atoms with Gasteiger partial charge in [0.15, 0.2) is 5.82 Å². The Kier molecular flexibility index (Phi) is 10.0. The van der Waals surface area contributed by atoms with Crippen molar-refractivity contribution in [1.82, 2.24) is 14.8 Å². The lowest BCUT2D eigenvalue weighted by Crippen LogP contribution is -2.59. The summed E-state index contributed by atoms with van der Waals surface area (Å²) >= 11 is 5.53. The molecule has 2 aromatic rings. The topological polar surface area (TPSA) is 108 Å². The van der Waals surface area contributed by atoms with E-state index in [1.165, 1.54) is 0 Å². The summed E-state index contributed by atoms with van der Waals surface area (Å²) in [6.45, 7) is 12.6. The number of likely N-dealkylation sites (tertiary alicyclic amines) is 1. The molecule has 10 nitrogen and oxygen atoms in total. The number of hydrogen-bond acceptors (Lipinski definition) is 8. The van der Waals surface area contributed by atoms with Gasteiger partial charge in [0.05, 0.1) is 31.9 Å². The zero-order chi connectivity index (χ0) is 33.7. The number of pyridine rings is 1. The van der Waals surface area contributed by atoms with Crippen molar-refractivity contribution in [3.63, 3.8) is 0 Å². The number of carbonyl (C=O) groups excluding carboxylic acids is 2. The minimum absolute atomic E-state index is 0.0427. The van der Waals surface area contributed by atoms with Crippen LogP contribution in [0.25, 0.3) is 10.9 Å². The first-order chi connectivity index (χ1) is 21.5. The van der Waals surface area contributed by atoms with Crippen molar-refractivity contribution in [2.75, 3.05) is 31.6 Å². The van der Waals surface area contributed by atoms with E-state index in [1.54, 1.807) is 36.6 Å². The lowest BCUT2D eigenvalue weighted by molar-refractivity contribution is 0.0216. The second kappa shape index (κ2) is 13.2. The number of ether oxygens (including phenoxy) is 3. The molecule has 2 amide bonds. The fourth-order valence-corrected chi connectivity index (χ4v) is 7.90. The summed E-state index contributed by atoms with van der Waals surface area (Å²) in [5.74, 6) is -0.413. The van der Waals surface area contributed by atoms with Gasteiger partial charge in [-0.3, -0.25) is 4.90 Å². The van der Waals surface area contributed by atoms with E-state index in [9.17, 15) is 14.9 Å². The number of aryl methyl sites for hydroxylation is 1. The molecule has 4 heterocycles. The maximum absolute atomic E-state index is 16.2. The molecule has 4 atom stereocenters. The van der Waals surface area contributed by atoms with Crippen LogP contribution in [0.2, 0.25) is 0 Å². The van der Waals surface area contributed by atoms with Gasteiger partial charge >= 0.3 is 12.2 Å². The number of carbonyl (C=O) groups is 2. The first kappa shape index (κ1) is 34.9. The molecule has 13 heteroatoms. The monoisotopic (exact) mass is 813 g/mol. The Balaban J connectivity index is 1.67. The number of rotatable bonds is 7. The maximum atomic E-state index is 16.2. The number of fused-ring (bicyclic) bond motifs is 2. The van der Waals surface area contributed by atoms with Crippen molar-refractivity contribution in [2.45, 2.75) is 103 Å². The van der Waals surface area contributed by atoms with Crippen LogP contribution in [0.15, 0.2) is 10.5 Å². The van der Waals surface area contributed by atoms with Crippen LogP contribution in [0, 0.1) is 26.6 Å². The molecule has 250 valence electrons. The van der Waals surface area contributed by atoms with Gasteiger partial charge in [-0.25, -0.2) is 19.0 Å². The number of benzene rings is 1. The molecule has 1 aliphatic carbocycles. The van der Waals surface area contributed by atoms with Gasteiger partial charge in [0, 0.05) is 30.3 Å². The first-order valence-corrected chi connectivity index (χ1v) is 17.6. The molecular weight excluding hydrogens is 772 g/mol. The zero-order valence-corrected chi connectivity index (χ0v) is 31.2. The van der Waals surface area contributed by atoms with Gasteiger partial charge in [-0.2, -0.15) is 5.26 Å². The molecule has 3 saturated heterocycles. The standard InChI is InChI=1S/C33H42BrFIN5O5/c1-32(2,3)45-30(42)40-16-19-15-22(40)27(19)41(31(43)46-33(4,5)6)28-21-14-18(10-8-12-37)23(34)24(35)26(21)38-29(25(28)36)44-17-20-11-9-13-39(20)7/h14,19-20,22,27H,8-11,13,15-17H2,1-7H3. The van der Waals surface area contributed by atoms with Gasteiger partial charge in [0.25, 0.3) is 0 Å². The van der Waals surface area contributed by atoms with E-state index in [0.717, 1.165) is 19.4 Å². The molecule has 1 aromatic heterocycles. The molecular formula is C33H42BrFIN5O5. The number of aromatic nitrogens is 1. The van der Waals surface area contributed by atoms with Crippen LogP contribution >= 0.6 is 38.5 Å². The fraction of sp³-hybridized carbons (Fsp3) is 0.636. The summed E-state index contributed by atoms with van der Waals surface area (Å²) in [6.07, 6.45) is 2.20. The maximum Gasteiger partial charge on any atom is 0.415 e. The number of likely N-dealkylation sites (N-methyl/N-ethyl adjacent to an activating group) is 1. The molecule has 4 fully saturated rings. The second-order valence-corrected chi connectivity index (χ2v) is 16.3.